The van der Waals surface area contributed by atoms with Crippen molar-refractivity contribution in [3.05, 3.63) is 65.7 Å². The number of benzene rings is 2. The summed E-state index contributed by atoms with van der Waals surface area (Å²) in [5.41, 5.74) is 3.18. The van der Waals surface area contributed by atoms with E-state index in [4.69, 9.17) is 0 Å². The van der Waals surface area contributed by atoms with Crippen LogP contribution in [0, 0.1) is 0 Å². The first-order valence-electron chi connectivity index (χ1n) is 7.19. The van der Waals surface area contributed by atoms with Gasteiger partial charge in [-0.25, -0.2) is 0 Å². The second kappa shape index (κ2) is 6.90. The minimum Gasteiger partial charge on any atom is -0.326 e. The summed E-state index contributed by atoms with van der Waals surface area (Å²) in [6, 6.07) is 18.0. The number of rotatable bonds is 5. The molecule has 0 aliphatic carbocycles. The predicted octanol–water partition coefficient (Wildman–Crippen LogP) is 4.38. The van der Waals surface area contributed by atoms with Gasteiger partial charge in [-0.05, 0) is 36.1 Å². The topological polar surface area (TPSA) is 29.1 Å². The number of carbonyl (C=O) groups excluding carboxylic acids is 1. The summed E-state index contributed by atoms with van der Waals surface area (Å²) < 4.78 is 0. The molecule has 0 saturated carbocycles. The number of hydrogen-bond acceptors (Lipinski definition) is 1. The lowest BCUT2D eigenvalue weighted by Gasteiger charge is -2.15. The minimum atomic E-state index is -0.0958. The van der Waals surface area contributed by atoms with Crippen molar-refractivity contribution in [2.75, 3.05) is 5.32 Å². The highest BCUT2D eigenvalue weighted by Crippen LogP contribution is 2.22. The molecule has 0 saturated heterocycles. The number of anilines is 1. The van der Waals surface area contributed by atoms with Crippen LogP contribution in [-0.2, 0) is 11.2 Å². The van der Waals surface area contributed by atoms with E-state index in [-0.39, 0.29) is 11.8 Å². The summed E-state index contributed by atoms with van der Waals surface area (Å²) in [4.78, 5) is 12.4. The van der Waals surface area contributed by atoms with Crippen molar-refractivity contribution in [2.24, 2.45) is 0 Å². The SMILES string of the molecule is CCc1cccc(NC(=O)[C@@H](CC)c2ccccc2)c1. The van der Waals surface area contributed by atoms with E-state index in [1.165, 1.54) is 5.56 Å². The monoisotopic (exact) mass is 267 g/mol. The Balaban J connectivity index is 2.13. The molecule has 1 amide bonds. The number of hydrogen-bond donors (Lipinski definition) is 1. The predicted molar refractivity (Wildman–Crippen MR) is 83.9 cm³/mol. The summed E-state index contributed by atoms with van der Waals surface area (Å²) in [5, 5.41) is 3.03. The standard InChI is InChI=1S/C18H21NO/c1-3-14-9-8-12-16(13-14)19-18(20)17(4-2)15-10-6-5-7-11-15/h5-13,17H,3-4H2,1-2H3,(H,19,20)/t17-/m0/s1. The van der Waals surface area contributed by atoms with Gasteiger partial charge < -0.3 is 5.32 Å². The lowest BCUT2D eigenvalue weighted by molar-refractivity contribution is -0.117. The molecule has 2 aromatic rings. The Labute approximate surface area is 120 Å². The van der Waals surface area contributed by atoms with Gasteiger partial charge >= 0.3 is 0 Å². The Kier molecular flexibility index (Phi) is 4.94. The van der Waals surface area contributed by atoms with Crippen molar-refractivity contribution in [3.8, 4) is 0 Å². The second-order valence-electron chi connectivity index (χ2n) is 4.91. The van der Waals surface area contributed by atoms with Crippen molar-refractivity contribution in [3.63, 3.8) is 0 Å². The molecule has 2 rings (SSSR count). The average Bonchev–Trinajstić information content (AvgIpc) is 2.49. The van der Waals surface area contributed by atoms with Gasteiger partial charge in [-0.3, -0.25) is 4.79 Å². The first-order valence-corrected chi connectivity index (χ1v) is 7.19. The van der Waals surface area contributed by atoms with Crippen molar-refractivity contribution in [1.82, 2.24) is 0 Å². The Hall–Kier alpha value is -2.09. The van der Waals surface area contributed by atoms with Gasteiger partial charge in [0.1, 0.15) is 0 Å². The molecule has 0 unspecified atom stereocenters. The van der Waals surface area contributed by atoms with Gasteiger partial charge in [0.25, 0.3) is 0 Å². The summed E-state index contributed by atoms with van der Waals surface area (Å²) >= 11 is 0. The fraction of sp³-hybridized carbons (Fsp3) is 0.278. The molecule has 104 valence electrons. The molecule has 0 fully saturated rings. The Morgan fingerprint density at radius 2 is 1.80 bits per heavy atom. The molecule has 0 bridgehead atoms. The summed E-state index contributed by atoms with van der Waals surface area (Å²) in [6.07, 6.45) is 1.77. The van der Waals surface area contributed by atoms with Crippen molar-refractivity contribution < 1.29 is 4.79 Å². The highest BCUT2D eigenvalue weighted by molar-refractivity contribution is 5.95. The molecule has 2 heteroatoms. The second-order valence-corrected chi connectivity index (χ2v) is 4.91. The molecular weight excluding hydrogens is 246 g/mol. The van der Waals surface area contributed by atoms with Crippen LogP contribution in [0.2, 0.25) is 0 Å². The number of carbonyl (C=O) groups is 1. The third kappa shape index (κ3) is 3.47. The van der Waals surface area contributed by atoms with E-state index in [0.717, 1.165) is 24.1 Å². The van der Waals surface area contributed by atoms with E-state index in [0.29, 0.717) is 0 Å². The molecule has 0 aliphatic heterocycles. The molecule has 2 nitrogen and oxygen atoms in total. The van der Waals surface area contributed by atoms with Gasteiger partial charge in [-0.1, -0.05) is 56.3 Å². The van der Waals surface area contributed by atoms with Crippen LogP contribution in [-0.4, -0.2) is 5.91 Å². The highest BCUT2D eigenvalue weighted by atomic mass is 16.1. The third-order valence-corrected chi connectivity index (χ3v) is 3.53. The van der Waals surface area contributed by atoms with Gasteiger partial charge in [0.05, 0.1) is 5.92 Å². The van der Waals surface area contributed by atoms with Crippen LogP contribution < -0.4 is 5.32 Å². The number of nitrogens with one attached hydrogen (secondary N) is 1. The normalized spacial score (nSPS) is 11.9. The Morgan fingerprint density at radius 1 is 1.05 bits per heavy atom. The molecule has 20 heavy (non-hydrogen) atoms. The van der Waals surface area contributed by atoms with E-state index in [1.807, 2.05) is 55.5 Å². The zero-order valence-corrected chi connectivity index (χ0v) is 12.1. The van der Waals surface area contributed by atoms with E-state index < -0.39 is 0 Å². The van der Waals surface area contributed by atoms with Crippen molar-refractivity contribution in [1.29, 1.82) is 0 Å². The molecule has 2 aromatic carbocycles. The molecule has 0 spiro atoms. The maximum Gasteiger partial charge on any atom is 0.231 e. The molecule has 0 radical (unpaired) electrons. The largest absolute Gasteiger partial charge is 0.326 e. The Bertz CT molecular complexity index is 563. The van der Waals surface area contributed by atoms with Crippen LogP contribution in [0.25, 0.3) is 0 Å². The van der Waals surface area contributed by atoms with Gasteiger partial charge in [0.2, 0.25) is 5.91 Å². The van der Waals surface area contributed by atoms with E-state index in [1.54, 1.807) is 0 Å². The van der Waals surface area contributed by atoms with Crippen LogP contribution in [0.15, 0.2) is 54.6 Å². The van der Waals surface area contributed by atoms with Gasteiger partial charge in [-0.2, -0.15) is 0 Å². The molecule has 1 N–H and O–H groups in total. The zero-order chi connectivity index (χ0) is 14.4. The Morgan fingerprint density at radius 3 is 2.45 bits per heavy atom. The molecule has 1 atom stereocenters. The lowest BCUT2D eigenvalue weighted by Crippen LogP contribution is -2.20. The van der Waals surface area contributed by atoms with Crippen LogP contribution in [0.1, 0.15) is 37.3 Å². The molecule has 0 heterocycles. The van der Waals surface area contributed by atoms with Gasteiger partial charge in [-0.15, -0.1) is 0 Å². The van der Waals surface area contributed by atoms with Crippen LogP contribution in [0.4, 0.5) is 5.69 Å². The van der Waals surface area contributed by atoms with Crippen LogP contribution in [0.3, 0.4) is 0 Å². The van der Waals surface area contributed by atoms with Gasteiger partial charge in [0.15, 0.2) is 0 Å². The molecular formula is C18H21NO. The van der Waals surface area contributed by atoms with E-state index in [2.05, 4.69) is 18.3 Å². The molecule has 0 aromatic heterocycles. The first-order chi connectivity index (χ1) is 9.74. The van der Waals surface area contributed by atoms with E-state index >= 15 is 0 Å². The number of amides is 1. The highest BCUT2D eigenvalue weighted by Gasteiger charge is 2.18. The third-order valence-electron chi connectivity index (χ3n) is 3.53. The summed E-state index contributed by atoms with van der Waals surface area (Å²) in [5.74, 6) is -0.0339. The molecule has 0 aliphatic rings. The summed E-state index contributed by atoms with van der Waals surface area (Å²) in [6.45, 7) is 4.15. The maximum atomic E-state index is 12.4. The smallest absolute Gasteiger partial charge is 0.231 e. The average molecular weight is 267 g/mol. The first kappa shape index (κ1) is 14.3. The van der Waals surface area contributed by atoms with Crippen molar-refractivity contribution in [2.45, 2.75) is 32.6 Å². The fourth-order valence-corrected chi connectivity index (χ4v) is 2.36. The minimum absolute atomic E-state index is 0.0620. The summed E-state index contributed by atoms with van der Waals surface area (Å²) in [7, 11) is 0. The van der Waals surface area contributed by atoms with E-state index in [9.17, 15) is 4.79 Å². The zero-order valence-electron chi connectivity index (χ0n) is 12.1. The van der Waals surface area contributed by atoms with Crippen LogP contribution >= 0.6 is 0 Å². The lowest BCUT2D eigenvalue weighted by atomic mass is 9.95. The maximum absolute atomic E-state index is 12.4. The number of aryl methyl sites for hydroxylation is 1. The van der Waals surface area contributed by atoms with Crippen LogP contribution in [0.5, 0.6) is 0 Å². The fourth-order valence-electron chi connectivity index (χ4n) is 2.36. The van der Waals surface area contributed by atoms with Crippen molar-refractivity contribution >= 4 is 11.6 Å². The van der Waals surface area contributed by atoms with Gasteiger partial charge in [0, 0.05) is 5.69 Å². The quantitative estimate of drug-likeness (QED) is 0.855.